The van der Waals surface area contributed by atoms with Crippen LogP contribution in [-0.4, -0.2) is 48.8 Å². The molecule has 1 saturated heterocycles. The number of amides is 1. The van der Waals surface area contributed by atoms with Gasteiger partial charge in [-0.1, -0.05) is 15.9 Å². The fraction of sp³-hybridized carbons (Fsp3) is 0.889. The molecular weight excluding hydrogens is 422 g/mol. The van der Waals surface area contributed by atoms with Crippen LogP contribution in [0.2, 0.25) is 0 Å². The molecule has 0 aromatic carbocycles. The number of nitrogens with one attached hydrogen (secondary N) is 1. The minimum Gasteiger partial charge on any atom is -0.456 e. The number of ether oxygens (including phenoxy) is 1. The van der Waals surface area contributed by atoms with Gasteiger partial charge in [0, 0.05) is 10.4 Å². The van der Waals surface area contributed by atoms with E-state index >= 15 is 0 Å². The van der Waals surface area contributed by atoms with E-state index < -0.39 is 15.7 Å². The summed E-state index contributed by atoms with van der Waals surface area (Å²) in [5.74, 6) is 0.773. The molecule has 4 bridgehead atoms. The summed E-state index contributed by atoms with van der Waals surface area (Å²) >= 11 is 3.94. The SMILES string of the molecule is O=C(COC(=O)CC12C[C@H]3C[C@@H](CC(Br)(C3)C1)C2)N[C@H]1CCS(=O)(=O)C1. The maximum atomic E-state index is 12.4. The first-order valence-corrected chi connectivity index (χ1v) is 12.1. The highest BCUT2D eigenvalue weighted by molar-refractivity contribution is 9.10. The van der Waals surface area contributed by atoms with E-state index in [-0.39, 0.29) is 39.9 Å². The standard InChI is InChI=1S/C18H26BrNO5S/c19-18-6-12-3-13(7-18)5-17(4-12,11-18)8-16(22)25-9-15(21)20-14-1-2-26(23,24)10-14/h12-14H,1-11H2,(H,20,21)/t12-,13-,14+,17?,18?/m1/s1. The zero-order valence-corrected chi connectivity index (χ0v) is 17.2. The molecule has 1 N–H and O–H groups in total. The predicted molar refractivity (Wildman–Crippen MR) is 99.6 cm³/mol. The van der Waals surface area contributed by atoms with E-state index in [0.29, 0.717) is 24.7 Å². The first kappa shape index (κ1) is 18.7. The Labute approximate surface area is 162 Å². The predicted octanol–water partition coefficient (Wildman–Crippen LogP) is 1.96. The van der Waals surface area contributed by atoms with Crippen LogP contribution in [0, 0.1) is 17.3 Å². The van der Waals surface area contributed by atoms with Gasteiger partial charge in [-0.05, 0) is 62.2 Å². The smallest absolute Gasteiger partial charge is 0.306 e. The zero-order valence-electron chi connectivity index (χ0n) is 14.8. The van der Waals surface area contributed by atoms with Crippen LogP contribution in [0.15, 0.2) is 0 Å². The van der Waals surface area contributed by atoms with Crippen LogP contribution < -0.4 is 5.32 Å². The fourth-order valence-electron chi connectivity index (χ4n) is 6.22. The lowest BCUT2D eigenvalue weighted by atomic mass is 9.49. The third-order valence-corrected chi connectivity index (χ3v) is 9.29. The summed E-state index contributed by atoms with van der Waals surface area (Å²) in [4.78, 5) is 24.3. The number of rotatable bonds is 5. The Kier molecular flexibility index (Phi) is 4.66. The van der Waals surface area contributed by atoms with Crippen molar-refractivity contribution in [2.24, 2.45) is 17.3 Å². The van der Waals surface area contributed by atoms with Crippen molar-refractivity contribution in [2.75, 3.05) is 18.1 Å². The van der Waals surface area contributed by atoms with Gasteiger partial charge in [0.15, 0.2) is 16.4 Å². The molecule has 5 fully saturated rings. The van der Waals surface area contributed by atoms with E-state index in [1.807, 2.05) is 0 Å². The van der Waals surface area contributed by atoms with Gasteiger partial charge in [-0.25, -0.2) is 8.42 Å². The van der Waals surface area contributed by atoms with Crippen LogP contribution >= 0.6 is 15.9 Å². The molecule has 4 saturated carbocycles. The van der Waals surface area contributed by atoms with Crippen molar-refractivity contribution in [1.82, 2.24) is 5.32 Å². The number of sulfone groups is 1. The Balaban J connectivity index is 1.26. The minimum atomic E-state index is -3.04. The van der Waals surface area contributed by atoms with E-state index in [1.54, 1.807) is 0 Å². The molecule has 0 radical (unpaired) electrons. The molecule has 1 heterocycles. The van der Waals surface area contributed by atoms with Crippen molar-refractivity contribution in [3.63, 3.8) is 0 Å². The van der Waals surface area contributed by atoms with Gasteiger partial charge in [0.05, 0.1) is 17.9 Å². The number of carbonyl (C=O) groups excluding carboxylic acids is 2. The van der Waals surface area contributed by atoms with Gasteiger partial charge in [-0.3, -0.25) is 9.59 Å². The summed E-state index contributed by atoms with van der Waals surface area (Å²) in [5, 5.41) is 2.65. The van der Waals surface area contributed by atoms with E-state index in [0.717, 1.165) is 19.3 Å². The highest BCUT2D eigenvalue weighted by atomic mass is 79.9. The first-order chi connectivity index (χ1) is 12.1. The maximum absolute atomic E-state index is 12.4. The zero-order chi connectivity index (χ0) is 18.6. The highest BCUT2D eigenvalue weighted by Crippen LogP contribution is 2.65. The molecule has 6 nitrogen and oxygen atoms in total. The molecule has 5 rings (SSSR count). The molecule has 1 aliphatic heterocycles. The topological polar surface area (TPSA) is 89.5 Å². The molecule has 5 aliphatic rings. The quantitative estimate of drug-likeness (QED) is 0.513. The second kappa shape index (κ2) is 6.47. The number of halogens is 1. The third-order valence-electron chi connectivity index (χ3n) is 6.59. The Morgan fingerprint density at radius 3 is 2.42 bits per heavy atom. The fourth-order valence-corrected chi connectivity index (χ4v) is 9.41. The molecule has 26 heavy (non-hydrogen) atoms. The van der Waals surface area contributed by atoms with Crippen molar-refractivity contribution in [2.45, 2.75) is 61.7 Å². The Morgan fingerprint density at radius 2 is 1.85 bits per heavy atom. The molecule has 146 valence electrons. The first-order valence-electron chi connectivity index (χ1n) is 9.49. The molecule has 1 amide bonds. The van der Waals surface area contributed by atoms with Gasteiger partial charge < -0.3 is 10.1 Å². The van der Waals surface area contributed by atoms with Crippen molar-refractivity contribution in [3.8, 4) is 0 Å². The maximum Gasteiger partial charge on any atom is 0.306 e. The van der Waals surface area contributed by atoms with Gasteiger partial charge in [0.1, 0.15) is 0 Å². The average Bonchev–Trinajstić information content (AvgIpc) is 2.81. The van der Waals surface area contributed by atoms with Crippen LogP contribution in [0.5, 0.6) is 0 Å². The third kappa shape index (κ3) is 3.96. The minimum absolute atomic E-state index is 0.0219. The summed E-state index contributed by atoms with van der Waals surface area (Å²) in [7, 11) is -3.04. The van der Waals surface area contributed by atoms with E-state index in [1.165, 1.54) is 19.3 Å². The van der Waals surface area contributed by atoms with Crippen LogP contribution in [0.4, 0.5) is 0 Å². The number of esters is 1. The Bertz CT molecular complexity index is 707. The van der Waals surface area contributed by atoms with Crippen molar-refractivity contribution >= 4 is 37.6 Å². The summed E-state index contributed by atoms with van der Waals surface area (Å²) in [6, 6.07) is -0.359. The molecular formula is C18H26BrNO5S. The normalized spacial score (nSPS) is 42.6. The summed E-state index contributed by atoms with van der Waals surface area (Å²) in [5.41, 5.74) is 0.0284. The molecule has 4 aliphatic carbocycles. The van der Waals surface area contributed by atoms with Crippen LogP contribution in [0.1, 0.15) is 51.4 Å². The number of carbonyl (C=O) groups is 2. The number of hydrogen-bond donors (Lipinski definition) is 1. The lowest BCUT2D eigenvalue weighted by Gasteiger charge is -2.60. The molecule has 0 aromatic rings. The summed E-state index contributed by atoms with van der Waals surface area (Å²) in [6.45, 7) is -0.322. The Morgan fingerprint density at radius 1 is 1.15 bits per heavy atom. The summed E-state index contributed by atoms with van der Waals surface area (Å²) < 4.78 is 28.3. The van der Waals surface area contributed by atoms with Crippen LogP contribution in [0.3, 0.4) is 0 Å². The van der Waals surface area contributed by atoms with Gasteiger partial charge >= 0.3 is 5.97 Å². The Hall–Kier alpha value is -0.630. The number of hydrogen-bond acceptors (Lipinski definition) is 5. The van der Waals surface area contributed by atoms with Crippen molar-refractivity contribution in [3.05, 3.63) is 0 Å². The van der Waals surface area contributed by atoms with Gasteiger partial charge in [-0.15, -0.1) is 0 Å². The average molecular weight is 448 g/mol. The van der Waals surface area contributed by atoms with Crippen molar-refractivity contribution < 1.29 is 22.7 Å². The lowest BCUT2D eigenvalue weighted by Crippen LogP contribution is -2.53. The molecule has 0 spiro atoms. The molecule has 3 atom stereocenters. The van der Waals surface area contributed by atoms with Gasteiger partial charge in [0.2, 0.25) is 0 Å². The molecule has 0 aromatic heterocycles. The highest BCUT2D eigenvalue weighted by Gasteiger charge is 2.57. The van der Waals surface area contributed by atoms with Crippen molar-refractivity contribution in [1.29, 1.82) is 0 Å². The number of alkyl halides is 1. The second-order valence-electron chi connectivity index (χ2n) is 9.12. The van der Waals surface area contributed by atoms with E-state index in [9.17, 15) is 18.0 Å². The largest absolute Gasteiger partial charge is 0.456 e. The van der Waals surface area contributed by atoms with Gasteiger partial charge in [-0.2, -0.15) is 0 Å². The van der Waals surface area contributed by atoms with Crippen LogP contribution in [-0.2, 0) is 24.2 Å². The molecule has 0 unspecified atom stereocenters. The van der Waals surface area contributed by atoms with Gasteiger partial charge in [0.25, 0.3) is 5.91 Å². The second-order valence-corrected chi connectivity index (χ2v) is 13.0. The van der Waals surface area contributed by atoms with Crippen LogP contribution in [0.25, 0.3) is 0 Å². The molecule has 8 heteroatoms. The summed E-state index contributed by atoms with van der Waals surface area (Å²) in [6.07, 6.45) is 7.75. The lowest BCUT2D eigenvalue weighted by molar-refractivity contribution is -0.154. The van der Waals surface area contributed by atoms with E-state index in [2.05, 4.69) is 21.2 Å². The van der Waals surface area contributed by atoms with E-state index in [4.69, 9.17) is 4.74 Å². The monoisotopic (exact) mass is 447 g/mol.